The number of nitrogens with zero attached hydrogens (tertiary/aromatic N) is 6. The number of amides is 1. The van der Waals surface area contributed by atoms with Crippen LogP contribution in [0.3, 0.4) is 0 Å². The van der Waals surface area contributed by atoms with E-state index in [0.717, 1.165) is 42.9 Å². The van der Waals surface area contributed by atoms with Gasteiger partial charge >= 0.3 is 0 Å². The highest BCUT2D eigenvalue weighted by Gasteiger charge is 2.35. The number of carbonyl (C=O) groups is 1. The van der Waals surface area contributed by atoms with Crippen LogP contribution in [0.5, 0.6) is 5.88 Å². The molecular formula is C38H44N6O3. The van der Waals surface area contributed by atoms with Crippen LogP contribution in [0.1, 0.15) is 54.5 Å². The molecule has 244 valence electrons. The molecule has 1 aliphatic carbocycles. The molecule has 3 aromatic rings. The number of anilines is 2. The zero-order chi connectivity index (χ0) is 32.9. The van der Waals surface area contributed by atoms with Crippen molar-refractivity contribution in [2.45, 2.75) is 58.0 Å². The summed E-state index contributed by atoms with van der Waals surface area (Å²) in [5.74, 6) is 1.13. The molecule has 3 heterocycles. The molecule has 0 radical (unpaired) electrons. The fourth-order valence-corrected chi connectivity index (χ4v) is 7.98. The van der Waals surface area contributed by atoms with E-state index in [1.807, 2.05) is 0 Å². The number of aryl methyl sites for hydroxylation is 1. The van der Waals surface area contributed by atoms with E-state index in [-0.39, 0.29) is 18.4 Å². The van der Waals surface area contributed by atoms with E-state index >= 15 is 0 Å². The maximum Gasteiger partial charge on any atom is 0.246 e. The largest absolute Gasteiger partial charge is 0.476 e. The lowest BCUT2D eigenvalue weighted by atomic mass is 9.94. The summed E-state index contributed by atoms with van der Waals surface area (Å²) in [6.45, 7) is 9.88. The monoisotopic (exact) mass is 632 g/mol. The van der Waals surface area contributed by atoms with Gasteiger partial charge in [0.15, 0.2) is 0 Å². The van der Waals surface area contributed by atoms with Crippen molar-refractivity contribution in [1.29, 1.82) is 10.5 Å². The number of fused-ring (bicyclic) bond motifs is 2. The van der Waals surface area contributed by atoms with Crippen molar-refractivity contribution in [1.82, 2.24) is 9.88 Å². The van der Waals surface area contributed by atoms with Crippen molar-refractivity contribution in [3.63, 3.8) is 0 Å². The van der Waals surface area contributed by atoms with Crippen molar-refractivity contribution in [2.24, 2.45) is 11.8 Å². The van der Waals surface area contributed by atoms with E-state index in [1.165, 1.54) is 40.9 Å². The molecule has 6 rings (SSSR count). The highest BCUT2D eigenvalue weighted by Crippen LogP contribution is 2.41. The van der Waals surface area contributed by atoms with Crippen LogP contribution in [0.25, 0.3) is 10.8 Å². The Morgan fingerprint density at radius 1 is 1.11 bits per heavy atom. The van der Waals surface area contributed by atoms with Gasteiger partial charge in [0.25, 0.3) is 0 Å². The van der Waals surface area contributed by atoms with Crippen LogP contribution >= 0.6 is 0 Å². The fraction of sp³-hybridized carbons (Fsp3) is 0.474. The van der Waals surface area contributed by atoms with Crippen LogP contribution in [0.2, 0.25) is 0 Å². The van der Waals surface area contributed by atoms with Gasteiger partial charge in [-0.05, 0) is 67.5 Å². The van der Waals surface area contributed by atoms with Gasteiger partial charge in [-0.15, -0.1) is 0 Å². The van der Waals surface area contributed by atoms with Gasteiger partial charge in [0.05, 0.1) is 43.1 Å². The summed E-state index contributed by atoms with van der Waals surface area (Å²) in [6.07, 6.45) is 6.66. The first-order valence-corrected chi connectivity index (χ1v) is 16.8. The quantitative estimate of drug-likeness (QED) is 0.254. The third-order valence-electron chi connectivity index (χ3n) is 10.4. The van der Waals surface area contributed by atoms with Crippen molar-refractivity contribution in [3.8, 4) is 18.0 Å². The number of pyridine rings is 1. The first-order valence-electron chi connectivity index (χ1n) is 16.8. The zero-order valence-electron chi connectivity index (χ0n) is 27.6. The molecular weight excluding hydrogens is 588 g/mol. The standard InChI is InChI=1S/C38H44N6O3/c1-4-35(45)44-20-19-43(23-30(44)14-17-39)37-31-15-18-42(34-13-7-11-28-10-5-8-26(2)36(28)34)24-33(31)41-38(32(37)22-40)47-25-29-12-6-9-27(29)16-21-46-3/h4-5,7-8,10-11,13,27,29-30H,1,6,9,12,14-16,18-21,23-25H2,2-3H3/t27?,29-,30-/m0/s1. The molecule has 0 N–H and O–H groups in total. The molecule has 0 spiro atoms. The highest BCUT2D eigenvalue weighted by molar-refractivity contribution is 5.97. The van der Waals surface area contributed by atoms with Crippen molar-refractivity contribution >= 4 is 28.1 Å². The fourth-order valence-electron chi connectivity index (χ4n) is 7.98. The molecule has 0 bridgehead atoms. The molecule has 3 atom stereocenters. The summed E-state index contributed by atoms with van der Waals surface area (Å²) in [6, 6.07) is 17.3. The molecule has 9 heteroatoms. The van der Waals surface area contributed by atoms with Crippen LogP contribution in [-0.2, 0) is 22.5 Å². The molecule has 2 aliphatic heterocycles. The van der Waals surface area contributed by atoms with Crippen LogP contribution in [0.15, 0.2) is 49.1 Å². The second-order valence-corrected chi connectivity index (χ2v) is 13.0. The summed E-state index contributed by atoms with van der Waals surface area (Å²) in [5.41, 5.74) is 5.67. The van der Waals surface area contributed by atoms with Crippen molar-refractivity contribution in [2.75, 3.05) is 56.3 Å². The van der Waals surface area contributed by atoms with Crippen LogP contribution in [-0.4, -0.2) is 68.3 Å². The molecule has 3 aliphatic rings. The Bertz CT molecular complexity index is 1720. The number of ether oxygens (including phenoxy) is 2. The normalized spacial score (nSPS) is 20.9. The zero-order valence-corrected chi connectivity index (χ0v) is 27.6. The first kappa shape index (κ1) is 32.3. The summed E-state index contributed by atoms with van der Waals surface area (Å²) >= 11 is 0. The molecule has 1 amide bonds. The Morgan fingerprint density at radius 3 is 2.68 bits per heavy atom. The van der Waals surface area contributed by atoms with Gasteiger partial charge in [0, 0.05) is 56.5 Å². The van der Waals surface area contributed by atoms with Gasteiger partial charge in [0.2, 0.25) is 11.8 Å². The number of carbonyl (C=O) groups excluding carboxylic acids is 1. The van der Waals surface area contributed by atoms with Gasteiger partial charge in [-0.3, -0.25) is 4.79 Å². The Hall–Kier alpha value is -4.60. The molecule has 1 unspecified atom stereocenters. The Kier molecular flexibility index (Phi) is 9.94. The topological polar surface area (TPSA) is 106 Å². The average Bonchev–Trinajstić information content (AvgIpc) is 3.55. The number of nitriles is 2. The molecule has 2 fully saturated rings. The number of methoxy groups -OCH3 is 1. The lowest BCUT2D eigenvalue weighted by Gasteiger charge is -2.43. The van der Waals surface area contributed by atoms with Gasteiger partial charge in [-0.2, -0.15) is 10.5 Å². The lowest BCUT2D eigenvalue weighted by molar-refractivity contribution is -0.128. The van der Waals surface area contributed by atoms with E-state index in [9.17, 15) is 15.3 Å². The van der Waals surface area contributed by atoms with E-state index in [0.29, 0.717) is 62.5 Å². The first-order chi connectivity index (χ1) is 23.0. The molecule has 1 saturated heterocycles. The summed E-state index contributed by atoms with van der Waals surface area (Å²) in [4.78, 5) is 24.1. The van der Waals surface area contributed by atoms with E-state index in [1.54, 1.807) is 12.0 Å². The SMILES string of the molecule is C=CC(=O)N1CCN(c2c(C#N)c(OC[C@@H]3CCCC3CCOC)nc3c2CCN(c2cccc4cccc(C)c24)C3)C[C@@H]1CC#N. The smallest absolute Gasteiger partial charge is 0.246 e. The highest BCUT2D eigenvalue weighted by atomic mass is 16.5. The number of benzene rings is 2. The van der Waals surface area contributed by atoms with Crippen LogP contribution in [0, 0.1) is 41.4 Å². The third kappa shape index (κ3) is 6.50. The minimum Gasteiger partial charge on any atom is -0.476 e. The number of piperazine rings is 1. The second kappa shape index (κ2) is 14.4. The van der Waals surface area contributed by atoms with Crippen LogP contribution < -0.4 is 14.5 Å². The maximum absolute atomic E-state index is 12.7. The predicted octanol–water partition coefficient (Wildman–Crippen LogP) is 5.93. The van der Waals surface area contributed by atoms with E-state index in [4.69, 9.17) is 14.5 Å². The minimum absolute atomic E-state index is 0.174. The van der Waals surface area contributed by atoms with E-state index < -0.39 is 0 Å². The summed E-state index contributed by atoms with van der Waals surface area (Å²) in [7, 11) is 1.75. The molecule has 1 aromatic heterocycles. The number of hydrogen-bond acceptors (Lipinski definition) is 8. The Labute approximate surface area is 278 Å². The third-order valence-corrected chi connectivity index (χ3v) is 10.4. The van der Waals surface area contributed by atoms with Crippen LogP contribution in [0.4, 0.5) is 11.4 Å². The lowest BCUT2D eigenvalue weighted by Crippen LogP contribution is -2.55. The van der Waals surface area contributed by atoms with E-state index in [2.05, 4.69) is 71.8 Å². The summed E-state index contributed by atoms with van der Waals surface area (Å²) < 4.78 is 11.9. The van der Waals surface area contributed by atoms with Gasteiger partial charge in [-0.25, -0.2) is 4.98 Å². The molecule has 47 heavy (non-hydrogen) atoms. The number of aromatic nitrogens is 1. The average molecular weight is 633 g/mol. The second-order valence-electron chi connectivity index (χ2n) is 13.0. The van der Waals surface area contributed by atoms with Gasteiger partial charge in [0.1, 0.15) is 11.6 Å². The number of rotatable bonds is 10. The molecule has 9 nitrogen and oxygen atoms in total. The Balaban J connectivity index is 1.38. The van der Waals surface area contributed by atoms with Gasteiger partial charge < -0.3 is 24.2 Å². The maximum atomic E-state index is 12.7. The van der Waals surface area contributed by atoms with Crippen molar-refractivity contribution < 1.29 is 14.3 Å². The minimum atomic E-state index is -0.308. The Morgan fingerprint density at radius 2 is 1.91 bits per heavy atom. The van der Waals surface area contributed by atoms with Gasteiger partial charge in [-0.1, -0.05) is 43.3 Å². The van der Waals surface area contributed by atoms with Crippen molar-refractivity contribution in [3.05, 3.63) is 71.4 Å². The summed E-state index contributed by atoms with van der Waals surface area (Å²) in [5, 5.41) is 22.8. The predicted molar refractivity (Wildman–Crippen MR) is 183 cm³/mol. The molecule has 2 aromatic carbocycles. The number of hydrogen-bond donors (Lipinski definition) is 0. The molecule has 1 saturated carbocycles.